The number of nitrogens with zero attached hydrogens (tertiary/aromatic N) is 4. The molecule has 4 aromatic carbocycles. The molecule has 5 aromatic rings. The van der Waals surface area contributed by atoms with Crippen LogP contribution in [0.3, 0.4) is 0 Å². The molecule has 40 heavy (non-hydrogen) atoms. The molecule has 0 saturated heterocycles. The Morgan fingerprint density at radius 3 is 2.30 bits per heavy atom. The van der Waals surface area contributed by atoms with Crippen molar-refractivity contribution in [2.45, 2.75) is 17.5 Å². The summed E-state index contributed by atoms with van der Waals surface area (Å²) in [4.78, 5) is 13.6. The van der Waals surface area contributed by atoms with Crippen molar-refractivity contribution in [2.75, 3.05) is 12.9 Å². The van der Waals surface area contributed by atoms with Crippen molar-refractivity contribution in [1.82, 2.24) is 15.2 Å². The van der Waals surface area contributed by atoms with Gasteiger partial charge in [0.2, 0.25) is 0 Å². The molecule has 1 aromatic heterocycles. The van der Waals surface area contributed by atoms with Crippen LogP contribution in [-0.4, -0.2) is 39.7 Å². The first-order valence-electron chi connectivity index (χ1n) is 12.8. The van der Waals surface area contributed by atoms with Crippen molar-refractivity contribution in [3.8, 4) is 17.0 Å². The summed E-state index contributed by atoms with van der Waals surface area (Å²) in [6.07, 6.45) is 0.613. The number of carbonyl (C=O) groups is 1. The normalized spacial score (nSPS) is 14.8. The van der Waals surface area contributed by atoms with Gasteiger partial charge < -0.3 is 4.74 Å². The SMILES string of the molecule is COc1ccc([C@H]2CC(c3ccccc3)=NN2C(=O)CSc2nnc(-c3ccc(F)cc3)c3ccccc23)cc1. The van der Waals surface area contributed by atoms with Crippen LogP contribution in [0.2, 0.25) is 0 Å². The van der Waals surface area contributed by atoms with E-state index in [1.54, 1.807) is 24.3 Å². The summed E-state index contributed by atoms with van der Waals surface area (Å²) in [5.41, 5.74) is 4.30. The molecule has 0 radical (unpaired) electrons. The fourth-order valence-corrected chi connectivity index (χ4v) is 5.66. The number of benzene rings is 4. The maximum Gasteiger partial charge on any atom is 0.253 e. The monoisotopic (exact) mass is 548 g/mol. The van der Waals surface area contributed by atoms with Crippen molar-refractivity contribution >= 4 is 34.2 Å². The van der Waals surface area contributed by atoms with Gasteiger partial charge in [-0.15, -0.1) is 10.2 Å². The molecule has 0 unspecified atom stereocenters. The Balaban J connectivity index is 1.27. The van der Waals surface area contributed by atoms with E-state index in [1.807, 2.05) is 78.9 Å². The molecule has 198 valence electrons. The van der Waals surface area contributed by atoms with Gasteiger partial charge in [0, 0.05) is 22.8 Å². The largest absolute Gasteiger partial charge is 0.497 e. The number of hydrogen-bond acceptors (Lipinski definition) is 6. The van der Waals surface area contributed by atoms with Crippen LogP contribution in [0.4, 0.5) is 4.39 Å². The van der Waals surface area contributed by atoms with Crippen LogP contribution < -0.4 is 4.74 Å². The zero-order valence-corrected chi connectivity index (χ0v) is 22.5. The van der Waals surface area contributed by atoms with Crippen molar-refractivity contribution in [3.05, 3.63) is 120 Å². The molecular weight excluding hydrogens is 523 g/mol. The molecule has 0 saturated carbocycles. The lowest BCUT2D eigenvalue weighted by atomic mass is 9.98. The van der Waals surface area contributed by atoms with Crippen LogP contribution in [0.25, 0.3) is 22.0 Å². The summed E-state index contributed by atoms with van der Waals surface area (Å²) in [6, 6.07) is 31.5. The molecule has 1 amide bonds. The van der Waals surface area contributed by atoms with E-state index in [4.69, 9.17) is 9.84 Å². The number of thioether (sulfide) groups is 1. The summed E-state index contributed by atoms with van der Waals surface area (Å²) in [5.74, 6) is 0.478. The molecule has 6 rings (SSSR count). The highest BCUT2D eigenvalue weighted by molar-refractivity contribution is 8.00. The molecule has 1 atom stereocenters. The first-order valence-corrected chi connectivity index (χ1v) is 13.8. The topological polar surface area (TPSA) is 67.7 Å². The number of halogens is 1. The molecule has 6 nitrogen and oxygen atoms in total. The van der Waals surface area contributed by atoms with E-state index in [-0.39, 0.29) is 23.5 Å². The van der Waals surface area contributed by atoms with E-state index in [2.05, 4.69) is 10.2 Å². The quantitative estimate of drug-likeness (QED) is 0.207. The zero-order valence-electron chi connectivity index (χ0n) is 21.7. The van der Waals surface area contributed by atoms with E-state index in [1.165, 1.54) is 23.9 Å². The van der Waals surface area contributed by atoms with Gasteiger partial charge in [-0.05, 0) is 47.5 Å². The maximum absolute atomic E-state index is 13.6. The zero-order chi connectivity index (χ0) is 27.5. The van der Waals surface area contributed by atoms with E-state index in [9.17, 15) is 9.18 Å². The third-order valence-electron chi connectivity index (χ3n) is 6.88. The lowest BCUT2D eigenvalue weighted by Crippen LogP contribution is -2.28. The molecule has 8 heteroatoms. The molecular formula is C32H25FN4O2S. The molecule has 0 aliphatic carbocycles. The summed E-state index contributed by atoms with van der Waals surface area (Å²) in [6.45, 7) is 0. The number of aromatic nitrogens is 2. The smallest absolute Gasteiger partial charge is 0.253 e. The summed E-state index contributed by atoms with van der Waals surface area (Å²) in [5, 5.41) is 17.7. The van der Waals surface area contributed by atoms with Crippen LogP contribution in [-0.2, 0) is 4.79 Å². The first-order chi connectivity index (χ1) is 19.6. The molecule has 0 N–H and O–H groups in total. The number of fused-ring (bicyclic) bond motifs is 1. The van der Waals surface area contributed by atoms with Crippen molar-refractivity contribution in [1.29, 1.82) is 0 Å². The van der Waals surface area contributed by atoms with E-state index >= 15 is 0 Å². The standard InChI is InChI=1S/C32H25FN4O2S/c1-39-25-17-13-22(14-18-25)29-19-28(21-7-3-2-4-8-21)36-37(29)30(38)20-40-32-27-10-6-5-9-26(27)31(34-35-32)23-11-15-24(33)16-12-23/h2-18,29H,19-20H2,1H3/t29-/m1/s1. The number of hydrazone groups is 1. The van der Waals surface area contributed by atoms with E-state index in [0.717, 1.165) is 38.9 Å². The Morgan fingerprint density at radius 2 is 1.57 bits per heavy atom. The number of carbonyl (C=O) groups excluding carboxylic acids is 1. The second kappa shape index (κ2) is 11.3. The number of ether oxygens (including phenoxy) is 1. The van der Waals surface area contributed by atoms with Crippen LogP contribution in [0.5, 0.6) is 5.75 Å². The van der Waals surface area contributed by atoms with Crippen molar-refractivity contribution < 1.29 is 13.9 Å². The Hall–Kier alpha value is -4.56. The lowest BCUT2D eigenvalue weighted by molar-refractivity contribution is -0.130. The number of rotatable bonds is 7. The number of amides is 1. The summed E-state index contributed by atoms with van der Waals surface area (Å²) < 4.78 is 18.8. The molecule has 0 spiro atoms. The third kappa shape index (κ3) is 5.18. The van der Waals surface area contributed by atoms with Crippen molar-refractivity contribution in [3.63, 3.8) is 0 Å². The molecule has 1 aliphatic rings. The minimum atomic E-state index is -0.306. The second-order valence-electron chi connectivity index (χ2n) is 9.34. The molecule has 0 fully saturated rings. The van der Waals surface area contributed by atoms with Gasteiger partial charge >= 0.3 is 0 Å². The van der Waals surface area contributed by atoms with E-state index < -0.39 is 0 Å². The highest BCUT2D eigenvalue weighted by Crippen LogP contribution is 2.36. The van der Waals surface area contributed by atoms with Crippen LogP contribution in [0, 0.1) is 5.82 Å². The average molecular weight is 549 g/mol. The van der Waals surface area contributed by atoms with Crippen LogP contribution in [0.1, 0.15) is 23.6 Å². The van der Waals surface area contributed by atoms with Gasteiger partial charge in [0.15, 0.2) is 0 Å². The van der Waals surface area contributed by atoms with Gasteiger partial charge in [0.05, 0.1) is 24.6 Å². The van der Waals surface area contributed by atoms with Crippen molar-refractivity contribution in [2.24, 2.45) is 5.10 Å². The van der Waals surface area contributed by atoms with Gasteiger partial charge in [-0.3, -0.25) is 4.79 Å². The highest BCUT2D eigenvalue weighted by atomic mass is 32.2. The molecule has 0 bridgehead atoms. The number of methoxy groups -OCH3 is 1. The van der Waals surface area contributed by atoms with Gasteiger partial charge in [0.1, 0.15) is 22.3 Å². The molecule has 1 aliphatic heterocycles. The highest BCUT2D eigenvalue weighted by Gasteiger charge is 2.33. The summed E-state index contributed by atoms with van der Waals surface area (Å²) >= 11 is 1.34. The Bertz CT molecular complexity index is 1690. The first kappa shape index (κ1) is 25.7. The predicted molar refractivity (Wildman–Crippen MR) is 156 cm³/mol. The number of hydrogen-bond donors (Lipinski definition) is 0. The Labute approximate surface area is 235 Å². The van der Waals surface area contributed by atoms with Gasteiger partial charge in [-0.2, -0.15) is 5.10 Å². The van der Waals surface area contributed by atoms with Crippen LogP contribution in [0.15, 0.2) is 113 Å². The fourth-order valence-electron chi connectivity index (χ4n) is 4.83. The van der Waals surface area contributed by atoms with E-state index in [0.29, 0.717) is 17.1 Å². The Morgan fingerprint density at radius 1 is 0.875 bits per heavy atom. The minimum Gasteiger partial charge on any atom is -0.497 e. The minimum absolute atomic E-state index is 0.120. The summed E-state index contributed by atoms with van der Waals surface area (Å²) in [7, 11) is 1.63. The Kier molecular flexibility index (Phi) is 7.25. The second-order valence-corrected chi connectivity index (χ2v) is 10.3. The third-order valence-corrected chi connectivity index (χ3v) is 7.84. The van der Waals surface area contributed by atoms with Crippen LogP contribution >= 0.6 is 11.8 Å². The van der Waals surface area contributed by atoms with Gasteiger partial charge in [0.25, 0.3) is 5.91 Å². The van der Waals surface area contributed by atoms with Gasteiger partial charge in [-0.1, -0.05) is 78.5 Å². The lowest BCUT2D eigenvalue weighted by Gasteiger charge is -2.22. The average Bonchev–Trinajstić information content (AvgIpc) is 3.46. The van der Waals surface area contributed by atoms with Gasteiger partial charge in [-0.25, -0.2) is 9.40 Å². The molecule has 2 heterocycles. The predicted octanol–water partition coefficient (Wildman–Crippen LogP) is 6.91. The maximum atomic E-state index is 13.6. The fraction of sp³-hybridized carbons (Fsp3) is 0.125.